The molecule has 0 saturated carbocycles. The smallest absolute Gasteiger partial charge is 0.251 e. The van der Waals surface area contributed by atoms with Gasteiger partial charge in [-0.05, 0) is 48.2 Å². The van der Waals surface area contributed by atoms with Gasteiger partial charge in [-0.3, -0.25) is 9.10 Å². The third-order valence-corrected chi connectivity index (χ3v) is 5.41. The van der Waals surface area contributed by atoms with E-state index in [9.17, 15) is 17.6 Å². The number of benzene rings is 2. The minimum absolute atomic E-state index is 0.107. The molecule has 7 heteroatoms. The van der Waals surface area contributed by atoms with Crippen molar-refractivity contribution in [2.24, 2.45) is 0 Å². The molecule has 146 valence electrons. The molecule has 0 saturated heterocycles. The summed E-state index contributed by atoms with van der Waals surface area (Å²) in [6.45, 7) is 6.13. The molecule has 2 rings (SSSR count). The maximum Gasteiger partial charge on any atom is 0.251 e. The zero-order valence-corrected chi connectivity index (χ0v) is 16.8. The average Bonchev–Trinajstić information content (AvgIpc) is 2.58. The molecule has 2 aromatic rings. The molecule has 0 aliphatic carbocycles. The molecule has 0 aliphatic heterocycles. The summed E-state index contributed by atoms with van der Waals surface area (Å²) in [5.74, 6) is -0.647. The lowest BCUT2D eigenvalue weighted by molar-refractivity contribution is 0.0955. The van der Waals surface area contributed by atoms with E-state index in [2.05, 4.69) is 5.32 Å². The zero-order chi connectivity index (χ0) is 20.2. The highest BCUT2D eigenvalue weighted by Crippen LogP contribution is 2.32. The molecule has 0 aliphatic rings. The highest BCUT2D eigenvalue weighted by Gasteiger charge is 2.23. The van der Waals surface area contributed by atoms with Crippen LogP contribution in [0.2, 0.25) is 0 Å². The Morgan fingerprint density at radius 2 is 1.78 bits per heavy atom. The number of anilines is 1. The highest BCUT2D eigenvalue weighted by atomic mass is 32.2. The van der Waals surface area contributed by atoms with Crippen LogP contribution in [0.4, 0.5) is 10.1 Å². The van der Waals surface area contributed by atoms with Gasteiger partial charge in [0.05, 0.1) is 18.5 Å². The van der Waals surface area contributed by atoms with Crippen LogP contribution in [0.25, 0.3) is 0 Å². The lowest BCUT2D eigenvalue weighted by Crippen LogP contribution is -2.39. The number of amides is 1. The number of aryl methyl sites for hydroxylation is 1. The fourth-order valence-corrected chi connectivity index (χ4v) is 3.91. The van der Waals surface area contributed by atoms with Gasteiger partial charge in [0.1, 0.15) is 5.82 Å². The van der Waals surface area contributed by atoms with Crippen LogP contribution in [0.3, 0.4) is 0 Å². The zero-order valence-electron chi connectivity index (χ0n) is 16.0. The van der Waals surface area contributed by atoms with Crippen LogP contribution in [0, 0.1) is 12.7 Å². The monoisotopic (exact) mass is 392 g/mol. The van der Waals surface area contributed by atoms with E-state index in [4.69, 9.17) is 0 Å². The van der Waals surface area contributed by atoms with Gasteiger partial charge in [0.2, 0.25) is 10.0 Å². The Morgan fingerprint density at radius 1 is 1.15 bits per heavy atom. The van der Waals surface area contributed by atoms with E-state index >= 15 is 0 Å². The third-order valence-electron chi connectivity index (χ3n) is 4.25. The van der Waals surface area contributed by atoms with Crippen LogP contribution in [-0.4, -0.2) is 33.7 Å². The van der Waals surface area contributed by atoms with Crippen molar-refractivity contribution < 1.29 is 17.6 Å². The number of nitrogens with one attached hydrogen (secondary N) is 1. The lowest BCUT2D eigenvalue weighted by atomic mass is 9.98. The molecule has 0 heterocycles. The largest absolute Gasteiger partial charge is 0.350 e. The van der Waals surface area contributed by atoms with Gasteiger partial charge in [-0.2, -0.15) is 0 Å². The fraction of sp³-hybridized carbons (Fsp3) is 0.350. The topological polar surface area (TPSA) is 66.5 Å². The Kier molecular flexibility index (Phi) is 6.59. The summed E-state index contributed by atoms with van der Waals surface area (Å²) < 4.78 is 39.1. The summed E-state index contributed by atoms with van der Waals surface area (Å²) >= 11 is 0. The summed E-state index contributed by atoms with van der Waals surface area (Å²) in [5.41, 5.74) is 2.77. The van der Waals surface area contributed by atoms with Crippen molar-refractivity contribution in [1.29, 1.82) is 0 Å². The van der Waals surface area contributed by atoms with Gasteiger partial charge < -0.3 is 5.32 Å². The first kappa shape index (κ1) is 20.9. The van der Waals surface area contributed by atoms with Crippen LogP contribution in [0.15, 0.2) is 42.5 Å². The third kappa shape index (κ3) is 5.29. The minimum Gasteiger partial charge on any atom is -0.350 e. The summed E-state index contributed by atoms with van der Waals surface area (Å²) in [6.07, 6.45) is 1.16. The van der Waals surface area contributed by atoms with Gasteiger partial charge in [0, 0.05) is 12.1 Å². The van der Waals surface area contributed by atoms with E-state index in [1.807, 2.05) is 39.0 Å². The van der Waals surface area contributed by atoms with Crippen LogP contribution >= 0.6 is 0 Å². The Morgan fingerprint density at radius 3 is 2.33 bits per heavy atom. The molecule has 0 bridgehead atoms. The van der Waals surface area contributed by atoms with E-state index in [-0.39, 0.29) is 24.9 Å². The minimum atomic E-state index is -3.53. The molecule has 5 nitrogen and oxygen atoms in total. The molecular formula is C20H25FN2O3S. The SMILES string of the molecule is Cc1cccc(C(C)C)c1N(CCNC(=O)c1ccc(F)cc1)S(C)(=O)=O. The molecule has 1 N–H and O–H groups in total. The second-order valence-electron chi connectivity index (χ2n) is 6.77. The van der Waals surface area contributed by atoms with E-state index in [1.54, 1.807) is 0 Å². The molecule has 0 unspecified atom stereocenters. The van der Waals surface area contributed by atoms with Crippen molar-refractivity contribution in [1.82, 2.24) is 5.32 Å². The van der Waals surface area contributed by atoms with E-state index in [0.29, 0.717) is 11.3 Å². The number of sulfonamides is 1. The quantitative estimate of drug-likeness (QED) is 0.785. The molecule has 27 heavy (non-hydrogen) atoms. The van der Waals surface area contributed by atoms with Crippen molar-refractivity contribution in [3.05, 3.63) is 65.0 Å². The van der Waals surface area contributed by atoms with Crippen molar-refractivity contribution in [2.75, 3.05) is 23.7 Å². The first-order valence-electron chi connectivity index (χ1n) is 8.72. The second-order valence-corrected chi connectivity index (χ2v) is 8.67. The van der Waals surface area contributed by atoms with Crippen LogP contribution < -0.4 is 9.62 Å². The predicted octanol–water partition coefficient (Wildman–Crippen LogP) is 3.45. The number of halogens is 1. The molecule has 0 atom stereocenters. The number of carbonyl (C=O) groups excluding carboxylic acids is 1. The normalized spacial score (nSPS) is 11.5. The number of hydrogen-bond donors (Lipinski definition) is 1. The molecular weight excluding hydrogens is 367 g/mol. The van der Waals surface area contributed by atoms with Crippen molar-refractivity contribution in [3.63, 3.8) is 0 Å². The second kappa shape index (κ2) is 8.52. The molecule has 0 aromatic heterocycles. The highest BCUT2D eigenvalue weighted by molar-refractivity contribution is 7.92. The lowest BCUT2D eigenvalue weighted by Gasteiger charge is -2.28. The fourth-order valence-electron chi connectivity index (χ4n) is 2.91. The first-order chi connectivity index (χ1) is 12.6. The van der Waals surface area contributed by atoms with Crippen LogP contribution in [0.1, 0.15) is 41.3 Å². The van der Waals surface area contributed by atoms with Gasteiger partial charge in [0.15, 0.2) is 0 Å². The summed E-state index contributed by atoms with van der Waals surface area (Å²) in [6, 6.07) is 10.9. The van der Waals surface area contributed by atoms with Gasteiger partial charge in [-0.25, -0.2) is 12.8 Å². The molecule has 0 radical (unpaired) electrons. The molecule has 2 aromatic carbocycles. The van der Waals surface area contributed by atoms with Gasteiger partial charge >= 0.3 is 0 Å². The molecule has 0 fully saturated rings. The Balaban J connectivity index is 2.20. The summed E-state index contributed by atoms with van der Waals surface area (Å²) in [7, 11) is -3.53. The van der Waals surface area contributed by atoms with Gasteiger partial charge in [0.25, 0.3) is 5.91 Å². The van der Waals surface area contributed by atoms with Crippen molar-refractivity contribution in [2.45, 2.75) is 26.7 Å². The van der Waals surface area contributed by atoms with Crippen molar-refractivity contribution in [3.8, 4) is 0 Å². The van der Waals surface area contributed by atoms with Gasteiger partial charge in [-0.15, -0.1) is 0 Å². The van der Waals surface area contributed by atoms with Crippen LogP contribution in [-0.2, 0) is 10.0 Å². The maximum absolute atomic E-state index is 13.0. The predicted molar refractivity (Wildman–Crippen MR) is 106 cm³/mol. The summed E-state index contributed by atoms with van der Waals surface area (Å²) in [5, 5.41) is 2.69. The average molecular weight is 392 g/mol. The van der Waals surface area contributed by atoms with E-state index in [1.165, 1.54) is 28.6 Å². The Labute approximate surface area is 160 Å². The standard InChI is InChI=1S/C20H25FN2O3S/c1-14(2)18-7-5-6-15(3)19(18)23(27(4,25)26)13-12-22-20(24)16-8-10-17(21)11-9-16/h5-11,14H,12-13H2,1-4H3,(H,22,24). The molecule has 0 spiro atoms. The number of nitrogens with zero attached hydrogens (tertiary/aromatic N) is 1. The van der Waals surface area contributed by atoms with E-state index < -0.39 is 15.8 Å². The maximum atomic E-state index is 13.0. The number of carbonyl (C=O) groups is 1. The van der Waals surface area contributed by atoms with E-state index in [0.717, 1.165) is 17.4 Å². The first-order valence-corrected chi connectivity index (χ1v) is 10.6. The van der Waals surface area contributed by atoms with Crippen LogP contribution in [0.5, 0.6) is 0 Å². The Bertz CT molecular complexity index is 909. The number of hydrogen-bond acceptors (Lipinski definition) is 3. The molecule has 1 amide bonds. The van der Waals surface area contributed by atoms with Gasteiger partial charge in [-0.1, -0.05) is 32.0 Å². The summed E-state index contributed by atoms with van der Waals surface area (Å²) in [4.78, 5) is 12.2. The number of para-hydroxylation sites is 1. The van der Waals surface area contributed by atoms with Crippen molar-refractivity contribution >= 4 is 21.6 Å². The Hall–Kier alpha value is -2.41. The number of rotatable bonds is 7.